The molecular weight excluding hydrogens is 531 g/mol. The van der Waals surface area contributed by atoms with Gasteiger partial charge in [-0.1, -0.05) is 55.3 Å². The molecule has 0 N–H and O–H groups in total. The SMILES string of the molecule is COC(=O)C(Cn1ccc2c(-c3cnn([C@H](CC#N)C4CCCC4)c3)ncnc21)c1ccc(-c2ccccc2)c(F)c1. The first-order valence-corrected chi connectivity index (χ1v) is 14.2. The van der Waals surface area contributed by atoms with Gasteiger partial charge in [-0.15, -0.1) is 0 Å². The van der Waals surface area contributed by atoms with Gasteiger partial charge in [-0.05, 0) is 42.0 Å². The molecule has 0 aliphatic heterocycles. The molecule has 0 amide bonds. The van der Waals surface area contributed by atoms with Crippen LogP contribution >= 0.6 is 0 Å². The molecule has 2 aromatic carbocycles. The molecule has 1 aliphatic rings. The Morgan fingerprint density at radius 3 is 2.67 bits per heavy atom. The highest BCUT2D eigenvalue weighted by atomic mass is 19.1. The molecule has 0 spiro atoms. The molecule has 1 unspecified atom stereocenters. The molecule has 1 aliphatic carbocycles. The molecule has 5 aromatic rings. The Labute approximate surface area is 243 Å². The zero-order chi connectivity index (χ0) is 29.1. The summed E-state index contributed by atoms with van der Waals surface area (Å²) in [5.74, 6) is -1.16. The minimum Gasteiger partial charge on any atom is -0.468 e. The van der Waals surface area contributed by atoms with Crippen molar-refractivity contribution in [2.24, 2.45) is 5.92 Å². The van der Waals surface area contributed by atoms with E-state index >= 15 is 4.39 Å². The van der Waals surface area contributed by atoms with Gasteiger partial charge >= 0.3 is 5.97 Å². The summed E-state index contributed by atoms with van der Waals surface area (Å²) in [6.07, 6.45) is 12.1. The smallest absolute Gasteiger partial charge is 0.314 e. The topological polar surface area (TPSA) is 98.6 Å². The number of ether oxygens (including phenoxy) is 1. The molecule has 8 nitrogen and oxygen atoms in total. The van der Waals surface area contributed by atoms with Crippen LogP contribution in [0.1, 0.15) is 49.6 Å². The van der Waals surface area contributed by atoms with E-state index in [1.807, 2.05) is 58.0 Å². The number of carbonyl (C=O) groups excluding carboxylic acids is 1. The molecule has 2 atom stereocenters. The molecule has 1 fully saturated rings. The molecule has 42 heavy (non-hydrogen) atoms. The van der Waals surface area contributed by atoms with Crippen LogP contribution in [0.4, 0.5) is 4.39 Å². The summed E-state index contributed by atoms with van der Waals surface area (Å²) in [4.78, 5) is 22.0. The molecule has 212 valence electrons. The van der Waals surface area contributed by atoms with E-state index in [-0.39, 0.29) is 12.6 Å². The second-order valence-electron chi connectivity index (χ2n) is 10.8. The fourth-order valence-electron chi connectivity index (χ4n) is 6.19. The summed E-state index contributed by atoms with van der Waals surface area (Å²) >= 11 is 0. The lowest BCUT2D eigenvalue weighted by Crippen LogP contribution is -2.20. The van der Waals surface area contributed by atoms with Crippen molar-refractivity contribution in [3.63, 3.8) is 0 Å². The van der Waals surface area contributed by atoms with E-state index < -0.39 is 17.7 Å². The van der Waals surface area contributed by atoms with Crippen molar-refractivity contribution in [2.45, 2.75) is 50.6 Å². The average molecular weight is 563 g/mol. The van der Waals surface area contributed by atoms with Gasteiger partial charge in [0.05, 0.1) is 43.5 Å². The number of fused-ring (bicyclic) bond motifs is 1. The number of hydrogen-bond donors (Lipinski definition) is 0. The number of rotatable bonds is 9. The van der Waals surface area contributed by atoms with Gasteiger partial charge in [0.25, 0.3) is 0 Å². The van der Waals surface area contributed by atoms with Gasteiger partial charge in [-0.2, -0.15) is 10.4 Å². The van der Waals surface area contributed by atoms with Gasteiger partial charge in [-0.3, -0.25) is 9.48 Å². The van der Waals surface area contributed by atoms with Crippen LogP contribution < -0.4 is 0 Å². The normalized spacial score (nSPS) is 15.0. The third-order valence-electron chi connectivity index (χ3n) is 8.36. The number of carbonyl (C=O) groups is 1. The lowest BCUT2D eigenvalue weighted by atomic mass is 9.95. The highest BCUT2D eigenvalue weighted by Gasteiger charge is 2.28. The maximum atomic E-state index is 15.2. The van der Waals surface area contributed by atoms with Crippen LogP contribution in [0, 0.1) is 23.1 Å². The van der Waals surface area contributed by atoms with E-state index in [1.54, 1.807) is 18.3 Å². The highest BCUT2D eigenvalue weighted by molar-refractivity contribution is 5.90. The van der Waals surface area contributed by atoms with Crippen molar-refractivity contribution in [3.8, 4) is 28.5 Å². The number of esters is 1. The van der Waals surface area contributed by atoms with Gasteiger partial charge in [0.2, 0.25) is 0 Å². The summed E-state index contributed by atoms with van der Waals surface area (Å²) in [5.41, 5.74) is 3.96. The third-order valence-corrected chi connectivity index (χ3v) is 8.36. The van der Waals surface area contributed by atoms with Crippen LogP contribution in [0.15, 0.2) is 79.5 Å². The summed E-state index contributed by atoms with van der Waals surface area (Å²) < 4.78 is 24.1. The van der Waals surface area contributed by atoms with Crippen LogP contribution in [-0.4, -0.2) is 37.4 Å². The van der Waals surface area contributed by atoms with E-state index in [4.69, 9.17) is 4.74 Å². The van der Waals surface area contributed by atoms with Crippen molar-refractivity contribution in [2.75, 3.05) is 7.11 Å². The predicted octanol–water partition coefficient (Wildman–Crippen LogP) is 6.70. The quantitative estimate of drug-likeness (QED) is 0.185. The summed E-state index contributed by atoms with van der Waals surface area (Å²) in [5, 5.41) is 14.9. The van der Waals surface area contributed by atoms with Crippen LogP contribution in [0.2, 0.25) is 0 Å². The van der Waals surface area contributed by atoms with E-state index in [9.17, 15) is 10.1 Å². The third kappa shape index (κ3) is 5.28. The average Bonchev–Trinajstić information content (AvgIpc) is 3.80. The van der Waals surface area contributed by atoms with E-state index in [1.165, 1.54) is 32.3 Å². The second kappa shape index (κ2) is 12.0. The Bertz CT molecular complexity index is 1750. The molecule has 6 rings (SSSR count). The summed E-state index contributed by atoms with van der Waals surface area (Å²) in [7, 11) is 1.33. The zero-order valence-corrected chi connectivity index (χ0v) is 23.4. The molecule has 3 aromatic heterocycles. The Kier molecular flexibility index (Phi) is 7.78. The minimum atomic E-state index is -0.746. The molecule has 0 radical (unpaired) electrons. The molecular formula is C33H31FN6O2. The Morgan fingerprint density at radius 1 is 1.12 bits per heavy atom. The van der Waals surface area contributed by atoms with Crippen molar-refractivity contribution < 1.29 is 13.9 Å². The number of methoxy groups -OCH3 is 1. The zero-order valence-electron chi connectivity index (χ0n) is 23.4. The van der Waals surface area contributed by atoms with Crippen LogP contribution in [0.3, 0.4) is 0 Å². The highest BCUT2D eigenvalue weighted by Crippen LogP contribution is 2.37. The molecule has 0 bridgehead atoms. The van der Waals surface area contributed by atoms with Crippen molar-refractivity contribution in [1.82, 2.24) is 24.3 Å². The van der Waals surface area contributed by atoms with Crippen LogP contribution in [-0.2, 0) is 16.1 Å². The largest absolute Gasteiger partial charge is 0.468 e. The van der Waals surface area contributed by atoms with Gasteiger partial charge in [0, 0.05) is 35.5 Å². The van der Waals surface area contributed by atoms with Crippen molar-refractivity contribution in [1.29, 1.82) is 5.26 Å². The van der Waals surface area contributed by atoms with Gasteiger partial charge in [-0.25, -0.2) is 14.4 Å². The van der Waals surface area contributed by atoms with Crippen molar-refractivity contribution >= 4 is 17.0 Å². The van der Waals surface area contributed by atoms with Gasteiger partial charge in [0.1, 0.15) is 17.8 Å². The molecule has 0 saturated heterocycles. The number of benzene rings is 2. The molecule has 3 heterocycles. The maximum absolute atomic E-state index is 15.2. The first kappa shape index (κ1) is 27.3. The van der Waals surface area contributed by atoms with E-state index in [2.05, 4.69) is 21.1 Å². The Hall–Kier alpha value is -4.84. The fourth-order valence-corrected chi connectivity index (χ4v) is 6.19. The van der Waals surface area contributed by atoms with Crippen LogP contribution in [0.5, 0.6) is 0 Å². The number of halogens is 1. The Morgan fingerprint density at radius 2 is 1.93 bits per heavy atom. The van der Waals surface area contributed by atoms with Gasteiger partial charge in [0.15, 0.2) is 0 Å². The number of nitrogens with zero attached hydrogens (tertiary/aromatic N) is 6. The maximum Gasteiger partial charge on any atom is 0.314 e. The van der Waals surface area contributed by atoms with Crippen molar-refractivity contribution in [3.05, 3.63) is 90.9 Å². The number of nitriles is 1. The first-order chi connectivity index (χ1) is 20.6. The monoisotopic (exact) mass is 562 g/mol. The summed E-state index contributed by atoms with van der Waals surface area (Å²) in [6.45, 7) is 0.210. The lowest BCUT2D eigenvalue weighted by molar-refractivity contribution is -0.142. The summed E-state index contributed by atoms with van der Waals surface area (Å²) in [6, 6.07) is 18.5. The van der Waals surface area contributed by atoms with E-state index in [0.29, 0.717) is 29.1 Å². The fraction of sp³-hybridized carbons (Fsp3) is 0.303. The molecule has 1 saturated carbocycles. The number of aromatic nitrogens is 5. The van der Waals surface area contributed by atoms with Crippen LogP contribution in [0.25, 0.3) is 33.4 Å². The molecule has 9 heteroatoms. The Balaban J connectivity index is 1.30. The lowest BCUT2D eigenvalue weighted by Gasteiger charge is -2.21. The first-order valence-electron chi connectivity index (χ1n) is 14.2. The standard InChI is InChI=1S/C33H31FN6O2/c1-42-33(41)28(24-11-12-26(29(34)17-24)22-7-3-2-4-8-22)20-39-16-14-27-31(36-21-37-32(27)39)25-18-38-40(19-25)30(13-15-35)23-9-5-6-10-23/h2-4,7-8,11-12,14,16-19,21,23,28,30H,5-6,9-10,13,20H2,1H3/t28?,30-/m1/s1. The second-order valence-corrected chi connectivity index (χ2v) is 10.8. The minimum absolute atomic E-state index is 0.0441. The predicted molar refractivity (Wildman–Crippen MR) is 157 cm³/mol. The number of hydrogen-bond acceptors (Lipinski definition) is 6. The van der Waals surface area contributed by atoms with Gasteiger partial charge < -0.3 is 9.30 Å². The van der Waals surface area contributed by atoms with E-state index in [0.717, 1.165) is 35.0 Å².